The van der Waals surface area contributed by atoms with Gasteiger partial charge in [0.05, 0.1) is 11.2 Å². The Morgan fingerprint density at radius 3 is 2.92 bits per heavy atom. The Bertz CT molecular complexity index is 288. The van der Waals surface area contributed by atoms with Gasteiger partial charge in [-0.2, -0.15) is 0 Å². The minimum atomic E-state index is -1.40. The van der Waals surface area contributed by atoms with Gasteiger partial charge in [-0.1, -0.05) is 11.6 Å². The van der Waals surface area contributed by atoms with Crippen molar-refractivity contribution in [3.8, 4) is 0 Å². The predicted octanol–water partition coefficient (Wildman–Crippen LogP) is 0.784. The van der Waals surface area contributed by atoms with Crippen molar-refractivity contribution < 1.29 is 15.0 Å². The van der Waals surface area contributed by atoms with Gasteiger partial charge in [-0.3, -0.25) is 0 Å². The predicted molar refractivity (Wildman–Crippen MR) is 44.5 cm³/mol. The van der Waals surface area contributed by atoms with E-state index in [-0.39, 0.29) is 6.42 Å². The number of rotatable bonds is 3. The molecule has 1 aromatic heterocycles. The van der Waals surface area contributed by atoms with Crippen molar-refractivity contribution >= 4 is 28.9 Å². The average molecular weight is 208 g/mol. The Morgan fingerprint density at radius 1 is 1.83 bits per heavy atom. The van der Waals surface area contributed by atoms with Gasteiger partial charge in [-0.15, -0.1) is 11.3 Å². The van der Waals surface area contributed by atoms with Crippen molar-refractivity contribution in [3.05, 3.63) is 15.5 Å². The first-order valence-electron chi connectivity index (χ1n) is 3.10. The lowest BCUT2D eigenvalue weighted by molar-refractivity contribution is -0.146. The number of carboxylic acids is 1. The van der Waals surface area contributed by atoms with Crippen molar-refractivity contribution in [1.82, 2.24) is 4.98 Å². The number of halogens is 1. The zero-order valence-electron chi connectivity index (χ0n) is 5.90. The first-order valence-corrected chi connectivity index (χ1v) is 4.30. The molecule has 0 aliphatic heterocycles. The highest BCUT2D eigenvalue weighted by Crippen LogP contribution is 2.19. The van der Waals surface area contributed by atoms with Crippen molar-refractivity contribution in [1.29, 1.82) is 0 Å². The van der Waals surface area contributed by atoms with Gasteiger partial charge in [0, 0.05) is 6.42 Å². The molecule has 0 amide bonds. The smallest absolute Gasteiger partial charge is 0.332 e. The fourth-order valence-electron chi connectivity index (χ4n) is 0.635. The minimum Gasteiger partial charge on any atom is -0.479 e. The van der Waals surface area contributed by atoms with E-state index in [1.165, 1.54) is 6.20 Å². The fraction of sp³-hybridized carbons (Fsp3) is 0.333. The molecule has 1 atom stereocenters. The van der Waals surface area contributed by atoms with Crippen LogP contribution in [0, 0.1) is 0 Å². The Kier molecular flexibility index (Phi) is 3.02. The Hall–Kier alpha value is -0.650. The monoisotopic (exact) mass is 207 g/mol. The lowest BCUT2D eigenvalue weighted by Gasteiger charge is -2.00. The first-order chi connectivity index (χ1) is 5.59. The Balaban J connectivity index is 2.58. The van der Waals surface area contributed by atoms with E-state index < -0.39 is 12.1 Å². The third kappa shape index (κ3) is 2.44. The summed E-state index contributed by atoms with van der Waals surface area (Å²) < 4.78 is 0.489. The number of aromatic nitrogens is 1. The highest BCUT2D eigenvalue weighted by atomic mass is 35.5. The molecule has 0 saturated heterocycles. The fourth-order valence-corrected chi connectivity index (χ4v) is 1.63. The van der Waals surface area contributed by atoms with Crippen molar-refractivity contribution in [3.63, 3.8) is 0 Å². The second kappa shape index (κ2) is 3.84. The molecule has 2 N–H and O–H groups in total. The number of nitrogens with zero attached hydrogens (tertiary/aromatic N) is 1. The quantitative estimate of drug-likeness (QED) is 0.769. The number of carboxylic acid groups (broad SMARTS) is 1. The molecule has 0 radical (unpaired) electrons. The van der Waals surface area contributed by atoms with Crippen LogP contribution in [0.1, 0.15) is 5.01 Å². The van der Waals surface area contributed by atoms with Crippen molar-refractivity contribution in [2.75, 3.05) is 0 Å². The summed E-state index contributed by atoms with van der Waals surface area (Å²) in [5.74, 6) is -1.25. The van der Waals surface area contributed by atoms with Gasteiger partial charge in [0.15, 0.2) is 6.10 Å². The largest absolute Gasteiger partial charge is 0.479 e. The summed E-state index contributed by atoms with van der Waals surface area (Å²) in [5.41, 5.74) is 0. The molecule has 12 heavy (non-hydrogen) atoms. The normalized spacial score (nSPS) is 12.8. The third-order valence-electron chi connectivity index (χ3n) is 1.18. The van der Waals surface area contributed by atoms with Gasteiger partial charge in [0.1, 0.15) is 4.34 Å². The summed E-state index contributed by atoms with van der Waals surface area (Å²) in [6.45, 7) is 0. The summed E-state index contributed by atoms with van der Waals surface area (Å²) in [5, 5.41) is 17.8. The number of aliphatic carboxylic acids is 1. The number of hydrogen-bond donors (Lipinski definition) is 2. The standard InChI is InChI=1S/C6H6ClNO3S/c7-4-2-8-5(12-4)1-3(9)6(10)11/h2-3,9H,1H2,(H,10,11). The first kappa shape index (κ1) is 9.44. The number of carbonyl (C=O) groups is 1. The number of aliphatic hydroxyl groups is 1. The second-order valence-corrected chi connectivity index (χ2v) is 3.86. The molecule has 66 valence electrons. The minimum absolute atomic E-state index is 0.00667. The van der Waals surface area contributed by atoms with E-state index in [2.05, 4.69) is 4.98 Å². The number of hydrogen-bond acceptors (Lipinski definition) is 4. The van der Waals surface area contributed by atoms with Crippen molar-refractivity contribution in [2.24, 2.45) is 0 Å². The van der Waals surface area contributed by atoms with Gasteiger partial charge in [-0.25, -0.2) is 9.78 Å². The SMILES string of the molecule is O=C(O)C(O)Cc1ncc(Cl)s1. The van der Waals surface area contributed by atoms with Crippen LogP contribution in [0.2, 0.25) is 4.34 Å². The average Bonchev–Trinajstić information content (AvgIpc) is 2.35. The zero-order valence-corrected chi connectivity index (χ0v) is 7.47. The highest BCUT2D eigenvalue weighted by molar-refractivity contribution is 7.15. The molecule has 1 rings (SSSR count). The number of aliphatic hydroxyl groups excluding tert-OH is 1. The van der Waals surface area contributed by atoms with Gasteiger partial charge in [0.2, 0.25) is 0 Å². The summed E-state index contributed by atoms with van der Waals surface area (Å²) >= 11 is 6.71. The molecule has 6 heteroatoms. The van der Waals surface area contributed by atoms with E-state index in [9.17, 15) is 4.79 Å². The second-order valence-electron chi connectivity index (χ2n) is 2.12. The molecule has 0 aliphatic carbocycles. The lowest BCUT2D eigenvalue weighted by atomic mass is 10.3. The molecule has 0 spiro atoms. The van der Waals surface area contributed by atoms with Gasteiger partial charge >= 0.3 is 5.97 Å². The molecule has 4 nitrogen and oxygen atoms in total. The molecule has 0 aromatic carbocycles. The topological polar surface area (TPSA) is 70.4 Å². The molecule has 1 heterocycles. The Morgan fingerprint density at radius 2 is 2.50 bits per heavy atom. The van der Waals surface area contributed by atoms with E-state index in [4.69, 9.17) is 21.8 Å². The lowest BCUT2D eigenvalue weighted by Crippen LogP contribution is -2.21. The zero-order chi connectivity index (χ0) is 9.14. The van der Waals surface area contributed by atoms with Crippen LogP contribution in [0.3, 0.4) is 0 Å². The summed E-state index contributed by atoms with van der Waals surface area (Å²) in [7, 11) is 0. The molecule has 1 aromatic rings. The van der Waals surface area contributed by atoms with Crippen molar-refractivity contribution in [2.45, 2.75) is 12.5 Å². The molecule has 0 bridgehead atoms. The summed E-state index contributed by atoms with van der Waals surface area (Å²) in [6, 6.07) is 0. The summed E-state index contributed by atoms with van der Waals surface area (Å²) in [4.78, 5) is 14.0. The van der Waals surface area contributed by atoms with E-state index in [1.807, 2.05) is 0 Å². The van der Waals surface area contributed by atoms with Gasteiger partial charge in [-0.05, 0) is 0 Å². The third-order valence-corrected chi connectivity index (χ3v) is 2.32. The van der Waals surface area contributed by atoms with Gasteiger partial charge in [0.25, 0.3) is 0 Å². The van der Waals surface area contributed by atoms with E-state index in [1.54, 1.807) is 0 Å². The maximum absolute atomic E-state index is 10.2. The van der Waals surface area contributed by atoms with E-state index >= 15 is 0 Å². The van der Waals surface area contributed by atoms with Crippen LogP contribution in [-0.2, 0) is 11.2 Å². The van der Waals surface area contributed by atoms with Crippen LogP contribution in [-0.4, -0.2) is 27.3 Å². The van der Waals surface area contributed by atoms with E-state index in [0.29, 0.717) is 9.34 Å². The maximum Gasteiger partial charge on any atom is 0.332 e. The van der Waals surface area contributed by atoms with Crippen LogP contribution < -0.4 is 0 Å². The molecule has 0 saturated carbocycles. The molecule has 0 fully saturated rings. The van der Waals surface area contributed by atoms with Crippen LogP contribution in [0.4, 0.5) is 0 Å². The molecular weight excluding hydrogens is 202 g/mol. The summed E-state index contributed by atoms with van der Waals surface area (Å²) in [6.07, 6.45) is 0.0373. The number of thiazole rings is 1. The van der Waals surface area contributed by atoms with Crippen LogP contribution in [0.15, 0.2) is 6.20 Å². The molecular formula is C6H6ClNO3S. The van der Waals surface area contributed by atoms with E-state index in [0.717, 1.165) is 11.3 Å². The van der Waals surface area contributed by atoms with Crippen LogP contribution in [0.5, 0.6) is 0 Å². The maximum atomic E-state index is 10.2. The Labute approximate surface area is 77.4 Å². The van der Waals surface area contributed by atoms with Crippen LogP contribution >= 0.6 is 22.9 Å². The molecule has 1 unspecified atom stereocenters. The van der Waals surface area contributed by atoms with Gasteiger partial charge < -0.3 is 10.2 Å². The highest BCUT2D eigenvalue weighted by Gasteiger charge is 2.15. The van der Waals surface area contributed by atoms with Crippen LogP contribution in [0.25, 0.3) is 0 Å². The molecule has 0 aliphatic rings.